The first kappa shape index (κ1) is 9.67. The van der Waals surface area contributed by atoms with E-state index in [1.165, 1.54) is 0 Å². The SMILES string of the molecule is CCBr.CCO. The zero-order chi connectivity index (χ0) is 5.41. The van der Waals surface area contributed by atoms with Crippen LogP contribution in [0.15, 0.2) is 0 Å². The van der Waals surface area contributed by atoms with E-state index in [2.05, 4.69) is 15.9 Å². The highest BCUT2D eigenvalue weighted by atomic mass is 79.9. The molecular formula is C4H11BrO. The minimum Gasteiger partial charge on any atom is -0.397 e. The molecule has 0 aliphatic rings. The summed E-state index contributed by atoms with van der Waals surface area (Å²) in [7, 11) is 0. The highest BCUT2D eigenvalue weighted by Gasteiger charge is 1.38. The fourth-order valence-corrected chi connectivity index (χ4v) is 0. The van der Waals surface area contributed by atoms with Crippen LogP contribution in [0, 0.1) is 0 Å². The lowest BCUT2D eigenvalue weighted by Crippen LogP contribution is -1.57. The standard InChI is InChI=1S/C2H5Br.C2H6O/c2*1-2-3/h2H2,1H3;3H,2H2,1H3. The van der Waals surface area contributed by atoms with Gasteiger partial charge in [0.2, 0.25) is 0 Å². The molecule has 2 heteroatoms. The van der Waals surface area contributed by atoms with E-state index in [1.807, 2.05) is 6.92 Å². The Labute approximate surface area is 47.5 Å². The minimum atomic E-state index is 0.250. The quantitative estimate of drug-likeness (QED) is 0.524. The number of hydrogen-bond donors (Lipinski definition) is 1. The van der Waals surface area contributed by atoms with Crippen molar-refractivity contribution in [1.82, 2.24) is 0 Å². The Morgan fingerprint density at radius 3 is 1.50 bits per heavy atom. The Bertz CT molecular complexity index is 9.51. The van der Waals surface area contributed by atoms with Gasteiger partial charge in [-0.25, -0.2) is 0 Å². The molecule has 1 N–H and O–H groups in total. The largest absolute Gasteiger partial charge is 0.397 e. The lowest BCUT2D eigenvalue weighted by Gasteiger charge is -1.52. The second kappa shape index (κ2) is 18.0. The molecule has 6 heavy (non-hydrogen) atoms. The van der Waals surface area contributed by atoms with Crippen molar-refractivity contribution >= 4 is 15.9 Å². The van der Waals surface area contributed by atoms with Crippen LogP contribution in [0.1, 0.15) is 13.8 Å². The number of halogens is 1. The van der Waals surface area contributed by atoms with Gasteiger partial charge in [0.05, 0.1) is 0 Å². The van der Waals surface area contributed by atoms with Gasteiger partial charge in [0.25, 0.3) is 0 Å². The smallest absolute Gasteiger partial charge is 0.0402 e. The second-order valence-corrected chi connectivity index (χ2v) is 1.70. The summed E-state index contributed by atoms with van der Waals surface area (Å²) in [5.74, 6) is 0. The predicted octanol–water partition coefficient (Wildman–Crippen LogP) is 1.40. The van der Waals surface area contributed by atoms with Crippen molar-refractivity contribution in [2.75, 3.05) is 11.9 Å². The molecule has 0 amide bonds. The zero-order valence-corrected chi connectivity index (χ0v) is 5.83. The normalized spacial score (nSPS) is 6.00. The lowest BCUT2D eigenvalue weighted by molar-refractivity contribution is 0.318. The van der Waals surface area contributed by atoms with Crippen molar-refractivity contribution in [1.29, 1.82) is 0 Å². The van der Waals surface area contributed by atoms with Gasteiger partial charge in [0, 0.05) is 11.9 Å². The van der Waals surface area contributed by atoms with Crippen molar-refractivity contribution in [2.24, 2.45) is 0 Å². The molecule has 0 aromatic rings. The highest BCUT2D eigenvalue weighted by molar-refractivity contribution is 9.09. The molecule has 0 aromatic heterocycles. The minimum absolute atomic E-state index is 0.250. The molecule has 0 radical (unpaired) electrons. The molecule has 0 bridgehead atoms. The van der Waals surface area contributed by atoms with E-state index < -0.39 is 0 Å². The topological polar surface area (TPSA) is 20.2 Å². The Hall–Kier alpha value is 0.440. The fourth-order valence-electron chi connectivity index (χ4n) is 0. The Kier molecular flexibility index (Phi) is 29.0. The predicted molar refractivity (Wildman–Crippen MR) is 32.2 cm³/mol. The van der Waals surface area contributed by atoms with Gasteiger partial charge < -0.3 is 5.11 Å². The fraction of sp³-hybridized carbons (Fsp3) is 1.00. The van der Waals surface area contributed by atoms with E-state index in [0.717, 1.165) is 5.33 Å². The summed E-state index contributed by atoms with van der Waals surface area (Å²) in [6.07, 6.45) is 0. The maximum absolute atomic E-state index is 7.57. The zero-order valence-electron chi connectivity index (χ0n) is 4.24. The van der Waals surface area contributed by atoms with Crippen LogP contribution in [0.5, 0.6) is 0 Å². The van der Waals surface area contributed by atoms with E-state index in [1.54, 1.807) is 6.92 Å². The summed E-state index contributed by atoms with van der Waals surface area (Å²) < 4.78 is 0. The summed E-state index contributed by atoms with van der Waals surface area (Å²) in [6, 6.07) is 0. The number of alkyl halides is 1. The van der Waals surface area contributed by atoms with Crippen molar-refractivity contribution in [3.8, 4) is 0 Å². The van der Waals surface area contributed by atoms with Gasteiger partial charge in [-0.2, -0.15) is 0 Å². The van der Waals surface area contributed by atoms with Crippen LogP contribution in [0.4, 0.5) is 0 Å². The van der Waals surface area contributed by atoms with Gasteiger partial charge in [-0.05, 0) is 6.92 Å². The molecule has 0 atom stereocenters. The lowest BCUT2D eigenvalue weighted by atomic mass is 10.9. The van der Waals surface area contributed by atoms with Crippen LogP contribution in [0.2, 0.25) is 0 Å². The molecule has 0 aliphatic carbocycles. The van der Waals surface area contributed by atoms with Crippen LogP contribution in [-0.2, 0) is 0 Å². The monoisotopic (exact) mass is 154 g/mol. The maximum atomic E-state index is 7.57. The molecule has 0 saturated carbocycles. The molecule has 0 rings (SSSR count). The van der Waals surface area contributed by atoms with E-state index >= 15 is 0 Å². The third kappa shape index (κ3) is 271. The molecule has 0 aromatic carbocycles. The summed E-state index contributed by atoms with van der Waals surface area (Å²) >= 11 is 3.15. The van der Waals surface area contributed by atoms with Gasteiger partial charge in [0.1, 0.15) is 0 Å². The van der Waals surface area contributed by atoms with E-state index in [0.29, 0.717) is 0 Å². The average molecular weight is 155 g/mol. The number of aliphatic hydroxyl groups excluding tert-OH is 1. The number of aliphatic hydroxyl groups is 1. The first-order chi connectivity index (χ1) is 2.83. The van der Waals surface area contributed by atoms with E-state index in [-0.39, 0.29) is 6.61 Å². The molecule has 0 aliphatic heterocycles. The average Bonchev–Trinajstić information content (AvgIpc) is 1.39. The molecule has 0 saturated heterocycles. The van der Waals surface area contributed by atoms with E-state index in [4.69, 9.17) is 5.11 Å². The van der Waals surface area contributed by atoms with Crippen LogP contribution < -0.4 is 0 Å². The molecule has 1 nitrogen and oxygen atoms in total. The van der Waals surface area contributed by atoms with Gasteiger partial charge >= 0.3 is 0 Å². The van der Waals surface area contributed by atoms with Gasteiger partial charge in [0.15, 0.2) is 0 Å². The maximum Gasteiger partial charge on any atom is 0.0402 e. The Morgan fingerprint density at radius 2 is 1.50 bits per heavy atom. The summed E-state index contributed by atoms with van der Waals surface area (Å²) in [6.45, 7) is 3.97. The molecular weight excluding hydrogens is 144 g/mol. The van der Waals surface area contributed by atoms with Crippen LogP contribution >= 0.6 is 15.9 Å². The van der Waals surface area contributed by atoms with Crippen molar-refractivity contribution in [3.05, 3.63) is 0 Å². The number of rotatable bonds is 0. The van der Waals surface area contributed by atoms with Crippen LogP contribution in [0.3, 0.4) is 0 Å². The second-order valence-electron chi connectivity index (χ2n) is 0.583. The summed E-state index contributed by atoms with van der Waals surface area (Å²) in [5, 5.41) is 8.63. The third-order valence-corrected chi connectivity index (χ3v) is 0. The molecule has 0 heterocycles. The van der Waals surface area contributed by atoms with Crippen molar-refractivity contribution in [2.45, 2.75) is 13.8 Å². The first-order valence-corrected chi connectivity index (χ1v) is 3.12. The number of hydrogen-bond acceptors (Lipinski definition) is 1. The highest BCUT2D eigenvalue weighted by Crippen LogP contribution is 1.67. The Balaban J connectivity index is 0. The van der Waals surface area contributed by atoms with Gasteiger partial charge in [-0.3, -0.25) is 0 Å². The van der Waals surface area contributed by atoms with Crippen molar-refractivity contribution < 1.29 is 5.11 Å². The van der Waals surface area contributed by atoms with Crippen molar-refractivity contribution in [3.63, 3.8) is 0 Å². The van der Waals surface area contributed by atoms with Gasteiger partial charge in [-0.15, -0.1) is 0 Å². The Morgan fingerprint density at radius 1 is 1.50 bits per heavy atom. The van der Waals surface area contributed by atoms with Gasteiger partial charge in [-0.1, -0.05) is 22.9 Å². The molecule has 0 fully saturated rings. The van der Waals surface area contributed by atoms with Crippen LogP contribution in [-0.4, -0.2) is 17.0 Å². The summed E-state index contributed by atoms with van der Waals surface area (Å²) in [4.78, 5) is 0. The molecule has 0 unspecified atom stereocenters. The molecule has 40 valence electrons. The molecule has 0 spiro atoms. The van der Waals surface area contributed by atoms with Crippen LogP contribution in [0.25, 0.3) is 0 Å². The first-order valence-electron chi connectivity index (χ1n) is 2.00. The summed E-state index contributed by atoms with van der Waals surface area (Å²) in [5.41, 5.74) is 0. The van der Waals surface area contributed by atoms with E-state index in [9.17, 15) is 0 Å². The third-order valence-electron chi connectivity index (χ3n) is 0.